The Morgan fingerprint density at radius 2 is 1.83 bits per heavy atom. The second-order valence-electron chi connectivity index (χ2n) is 8.09. The number of hydrogen-bond donors (Lipinski definition) is 1. The molecule has 2 aromatic heterocycles. The molecule has 1 fully saturated rings. The summed E-state index contributed by atoms with van der Waals surface area (Å²) < 4.78 is 0. The van der Waals surface area contributed by atoms with Crippen molar-refractivity contribution < 1.29 is 9.90 Å². The molecule has 5 nitrogen and oxygen atoms in total. The van der Waals surface area contributed by atoms with Gasteiger partial charge in [0.25, 0.3) is 0 Å². The second kappa shape index (κ2) is 8.43. The first-order chi connectivity index (χ1) is 14.0. The first-order valence-electron chi connectivity index (χ1n) is 9.93. The van der Waals surface area contributed by atoms with Crippen LogP contribution in [0, 0.1) is 11.8 Å². The fourth-order valence-electron chi connectivity index (χ4n) is 3.52. The minimum atomic E-state index is -0.694. The molecule has 1 aromatic carbocycles. The number of carboxylic acid groups (broad SMARTS) is 1. The zero-order chi connectivity index (χ0) is 20.4. The van der Waals surface area contributed by atoms with E-state index in [1.54, 1.807) is 11.3 Å². The molecule has 0 amide bonds. The van der Waals surface area contributed by atoms with Crippen molar-refractivity contribution in [3.05, 3.63) is 60.0 Å². The topological polar surface area (TPSA) is 66.3 Å². The number of hydrogen-bond acceptors (Lipinski definition) is 5. The molecule has 0 aliphatic carbocycles. The zero-order valence-corrected chi connectivity index (χ0v) is 17.5. The lowest BCUT2D eigenvalue weighted by molar-refractivity contribution is -0.147. The molecule has 1 N–H and O–H groups in total. The number of likely N-dealkylation sites (tertiary alicyclic amines) is 1. The maximum absolute atomic E-state index is 10.9. The summed E-state index contributed by atoms with van der Waals surface area (Å²) in [6.45, 7) is 6.47. The molecule has 4 rings (SSSR count). The lowest BCUT2D eigenvalue weighted by Gasteiger charge is -2.36. The highest BCUT2D eigenvalue weighted by atomic mass is 32.1. The minimum absolute atomic E-state index is 0.211. The molecule has 0 saturated carbocycles. The van der Waals surface area contributed by atoms with Gasteiger partial charge in [0.05, 0.1) is 10.8 Å². The highest BCUT2D eigenvalue weighted by Crippen LogP contribution is 2.32. The lowest BCUT2D eigenvalue weighted by atomic mass is 9.99. The van der Waals surface area contributed by atoms with Crippen molar-refractivity contribution >= 4 is 17.3 Å². The number of carbonyl (C=O) groups is 1. The Hall–Kier alpha value is -2.57. The van der Waals surface area contributed by atoms with Crippen LogP contribution in [-0.2, 0) is 17.8 Å². The van der Waals surface area contributed by atoms with Crippen molar-refractivity contribution in [2.24, 2.45) is 11.8 Å². The molecular weight excluding hydrogens is 382 g/mol. The van der Waals surface area contributed by atoms with E-state index >= 15 is 0 Å². The third-order valence-corrected chi connectivity index (χ3v) is 6.24. The van der Waals surface area contributed by atoms with Gasteiger partial charge in [0, 0.05) is 48.8 Å². The first kappa shape index (κ1) is 19.7. The summed E-state index contributed by atoms with van der Waals surface area (Å²) in [5.41, 5.74) is 4.52. The maximum Gasteiger partial charge on any atom is 0.309 e. The molecular formula is C23H25N3O2S. The van der Waals surface area contributed by atoms with Crippen molar-refractivity contribution in [2.75, 3.05) is 13.1 Å². The molecule has 0 radical (unpaired) electrons. The summed E-state index contributed by atoms with van der Waals surface area (Å²) in [6.07, 6.45) is 4.85. The monoisotopic (exact) mass is 407 g/mol. The van der Waals surface area contributed by atoms with Gasteiger partial charge >= 0.3 is 5.97 Å². The standard InChI is InChI=1S/C23H25N3O2S/c1-15(2)9-20-8-7-18(10-24-20)21-11-25-22(29-21)17-5-3-16(4-6-17)12-26-13-19(14-26)23(27)28/h3-8,10-11,15,19H,9,12-14H2,1-2H3,(H,27,28). The van der Waals surface area contributed by atoms with Crippen LogP contribution >= 0.6 is 11.3 Å². The van der Waals surface area contributed by atoms with E-state index in [1.165, 1.54) is 5.56 Å². The Labute approximate surface area is 175 Å². The van der Waals surface area contributed by atoms with Gasteiger partial charge in [0.15, 0.2) is 0 Å². The van der Waals surface area contributed by atoms with Gasteiger partial charge in [-0.2, -0.15) is 0 Å². The summed E-state index contributed by atoms with van der Waals surface area (Å²) in [6, 6.07) is 12.6. The predicted molar refractivity (Wildman–Crippen MR) is 116 cm³/mol. The van der Waals surface area contributed by atoms with Gasteiger partial charge < -0.3 is 5.11 Å². The summed E-state index contributed by atoms with van der Waals surface area (Å²) in [5, 5.41) is 9.97. The van der Waals surface area contributed by atoms with E-state index in [4.69, 9.17) is 5.11 Å². The lowest BCUT2D eigenvalue weighted by Crippen LogP contribution is -2.49. The van der Waals surface area contributed by atoms with E-state index in [1.807, 2.05) is 12.4 Å². The third-order valence-electron chi connectivity index (χ3n) is 5.15. The SMILES string of the molecule is CC(C)Cc1ccc(-c2cnc(-c3ccc(CN4CC(C(=O)O)C4)cc3)s2)cn1. The van der Waals surface area contributed by atoms with Crippen LogP contribution in [0.25, 0.3) is 21.0 Å². The molecule has 0 spiro atoms. The Bertz CT molecular complexity index is 974. The smallest absolute Gasteiger partial charge is 0.309 e. The molecule has 6 heteroatoms. The number of aliphatic carboxylic acids is 1. The van der Waals surface area contributed by atoms with E-state index in [-0.39, 0.29) is 5.92 Å². The molecule has 3 heterocycles. The van der Waals surface area contributed by atoms with Crippen LogP contribution in [-0.4, -0.2) is 39.0 Å². The quantitative estimate of drug-likeness (QED) is 0.621. The van der Waals surface area contributed by atoms with Crippen LogP contribution in [0.5, 0.6) is 0 Å². The van der Waals surface area contributed by atoms with Crippen LogP contribution in [0.2, 0.25) is 0 Å². The average molecular weight is 408 g/mol. The Balaban J connectivity index is 1.39. The highest BCUT2D eigenvalue weighted by Gasteiger charge is 2.32. The number of thiazole rings is 1. The van der Waals surface area contributed by atoms with Crippen molar-refractivity contribution in [1.29, 1.82) is 0 Å². The van der Waals surface area contributed by atoms with Gasteiger partial charge in [-0.05, 0) is 24.0 Å². The summed E-state index contributed by atoms with van der Waals surface area (Å²) in [5.74, 6) is -0.302. The number of carboxylic acids is 1. The van der Waals surface area contributed by atoms with Gasteiger partial charge in [-0.25, -0.2) is 4.98 Å². The van der Waals surface area contributed by atoms with Crippen LogP contribution < -0.4 is 0 Å². The Morgan fingerprint density at radius 1 is 1.10 bits per heavy atom. The molecule has 29 heavy (non-hydrogen) atoms. The molecule has 150 valence electrons. The maximum atomic E-state index is 10.9. The van der Waals surface area contributed by atoms with Gasteiger partial charge in [-0.15, -0.1) is 11.3 Å². The van der Waals surface area contributed by atoms with Crippen molar-refractivity contribution in [2.45, 2.75) is 26.8 Å². The molecule has 1 aliphatic rings. The molecule has 3 aromatic rings. The number of nitrogens with zero attached hydrogens (tertiary/aromatic N) is 3. The fraction of sp³-hybridized carbons (Fsp3) is 0.348. The Morgan fingerprint density at radius 3 is 2.45 bits per heavy atom. The Kier molecular flexibility index (Phi) is 5.74. The molecule has 0 unspecified atom stereocenters. The largest absolute Gasteiger partial charge is 0.481 e. The molecule has 1 saturated heterocycles. The van der Waals surface area contributed by atoms with Crippen LogP contribution in [0.3, 0.4) is 0 Å². The van der Waals surface area contributed by atoms with E-state index in [0.717, 1.165) is 39.7 Å². The molecule has 0 bridgehead atoms. The van der Waals surface area contributed by atoms with Crippen molar-refractivity contribution in [3.8, 4) is 21.0 Å². The van der Waals surface area contributed by atoms with Gasteiger partial charge in [0.2, 0.25) is 0 Å². The van der Waals surface area contributed by atoms with E-state index in [2.05, 4.69) is 65.1 Å². The zero-order valence-electron chi connectivity index (χ0n) is 16.7. The number of benzene rings is 1. The van der Waals surface area contributed by atoms with Crippen molar-refractivity contribution in [1.82, 2.24) is 14.9 Å². The molecule has 0 atom stereocenters. The molecule has 1 aliphatic heterocycles. The van der Waals surface area contributed by atoms with Crippen LogP contribution in [0.1, 0.15) is 25.1 Å². The predicted octanol–water partition coefficient (Wildman–Crippen LogP) is 4.59. The summed E-state index contributed by atoms with van der Waals surface area (Å²) in [4.78, 5) is 23.4. The van der Waals surface area contributed by atoms with Crippen molar-refractivity contribution in [3.63, 3.8) is 0 Å². The van der Waals surface area contributed by atoms with E-state index in [9.17, 15) is 4.79 Å². The van der Waals surface area contributed by atoms with Gasteiger partial charge in [-0.1, -0.05) is 44.2 Å². The second-order valence-corrected chi connectivity index (χ2v) is 9.12. The summed E-state index contributed by atoms with van der Waals surface area (Å²) >= 11 is 1.67. The van der Waals surface area contributed by atoms with Crippen LogP contribution in [0.15, 0.2) is 48.8 Å². The number of aromatic nitrogens is 2. The van der Waals surface area contributed by atoms with Gasteiger partial charge in [-0.3, -0.25) is 14.7 Å². The van der Waals surface area contributed by atoms with E-state index in [0.29, 0.717) is 19.0 Å². The number of pyridine rings is 1. The van der Waals surface area contributed by atoms with E-state index < -0.39 is 5.97 Å². The van der Waals surface area contributed by atoms with Crippen LogP contribution in [0.4, 0.5) is 0 Å². The average Bonchev–Trinajstić information content (AvgIpc) is 3.15. The first-order valence-corrected chi connectivity index (χ1v) is 10.7. The minimum Gasteiger partial charge on any atom is -0.481 e. The number of rotatable bonds is 7. The third kappa shape index (κ3) is 4.71. The highest BCUT2D eigenvalue weighted by molar-refractivity contribution is 7.18. The normalized spacial score (nSPS) is 14.9. The van der Waals surface area contributed by atoms with Gasteiger partial charge in [0.1, 0.15) is 5.01 Å². The summed E-state index contributed by atoms with van der Waals surface area (Å²) in [7, 11) is 0. The fourth-order valence-corrected chi connectivity index (χ4v) is 4.43.